The van der Waals surface area contributed by atoms with Crippen LogP contribution in [-0.4, -0.2) is 19.8 Å². The van der Waals surface area contributed by atoms with Gasteiger partial charge in [-0.1, -0.05) is 0 Å². The lowest BCUT2D eigenvalue weighted by molar-refractivity contribution is -0.137. The summed E-state index contributed by atoms with van der Waals surface area (Å²) < 4.78 is 43.8. The highest BCUT2D eigenvalue weighted by molar-refractivity contribution is 9.10. The summed E-state index contributed by atoms with van der Waals surface area (Å²) in [6.07, 6.45) is -2.14. The van der Waals surface area contributed by atoms with E-state index in [4.69, 9.17) is 4.74 Å². The molecule has 0 heterocycles. The summed E-state index contributed by atoms with van der Waals surface area (Å²) in [5, 5.41) is 3.15. The van der Waals surface area contributed by atoms with Crippen LogP contribution >= 0.6 is 15.9 Å². The van der Waals surface area contributed by atoms with Crippen molar-refractivity contribution < 1.29 is 17.9 Å². The molecule has 0 spiro atoms. The van der Waals surface area contributed by atoms with Crippen LogP contribution in [0.15, 0.2) is 22.7 Å². The fourth-order valence-electron chi connectivity index (χ4n) is 1.99. The van der Waals surface area contributed by atoms with Crippen molar-refractivity contribution >= 4 is 21.6 Å². The molecule has 1 atom stereocenters. The summed E-state index contributed by atoms with van der Waals surface area (Å²) in [5.74, 6) is 0.487. The van der Waals surface area contributed by atoms with Gasteiger partial charge in [0.15, 0.2) is 0 Å². The summed E-state index contributed by atoms with van der Waals surface area (Å²) in [7, 11) is 1.60. The van der Waals surface area contributed by atoms with Crippen LogP contribution in [0.4, 0.5) is 18.9 Å². The lowest BCUT2D eigenvalue weighted by Gasteiger charge is -2.20. The van der Waals surface area contributed by atoms with Crippen LogP contribution in [0.1, 0.15) is 18.4 Å². The molecule has 1 aromatic rings. The van der Waals surface area contributed by atoms with E-state index < -0.39 is 11.7 Å². The first kappa shape index (κ1) is 14.7. The molecule has 2 nitrogen and oxygen atoms in total. The molecule has 0 aliphatic heterocycles. The molecule has 0 amide bonds. The largest absolute Gasteiger partial charge is 0.416 e. The van der Waals surface area contributed by atoms with Gasteiger partial charge in [-0.3, -0.25) is 0 Å². The monoisotopic (exact) mass is 337 g/mol. The number of benzene rings is 1. The lowest BCUT2D eigenvalue weighted by Crippen LogP contribution is -2.27. The Morgan fingerprint density at radius 1 is 1.42 bits per heavy atom. The second-order valence-corrected chi connectivity index (χ2v) is 5.59. The molecule has 0 aromatic heterocycles. The summed E-state index contributed by atoms with van der Waals surface area (Å²) in [5.41, 5.74) is -0.186. The van der Waals surface area contributed by atoms with E-state index in [0.29, 0.717) is 22.7 Å². The van der Waals surface area contributed by atoms with Crippen molar-refractivity contribution in [3.05, 3.63) is 28.2 Å². The van der Waals surface area contributed by atoms with Gasteiger partial charge in [-0.05, 0) is 52.9 Å². The normalized spacial score (nSPS) is 17.3. The average molecular weight is 338 g/mol. The Morgan fingerprint density at radius 2 is 2.11 bits per heavy atom. The van der Waals surface area contributed by atoms with Crippen molar-refractivity contribution in [1.82, 2.24) is 0 Å². The van der Waals surface area contributed by atoms with Crippen LogP contribution < -0.4 is 5.32 Å². The molecule has 1 fully saturated rings. The number of nitrogens with one attached hydrogen (secondary N) is 1. The second-order valence-electron chi connectivity index (χ2n) is 4.74. The molecular formula is C13H15BrF3NO. The molecule has 0 bridgehead atoms. The third kappa shape index (κ3) is 3.86. The maximum absolute atomic E-state index is 12.7. The number of hydrogen-bond donors (Lipinski definition) is 1. The van der Waals surface area contributed by atoms with Crippen LogP contribution in [0.25, 0.3) is 0 Å². The second kappa shape index (κ2) is 5.71. The van der Waals surface area contributed by atoms with E-state index >= 15 is 0 Å². The van der Waals surface area contributed by atoms with E-state index in [9.17, 15) is 13.2 Å². The highest BCUT2D eigenvalue weighted by Gasteiger charge is 2.33. The molecule has 1 unspecified atom stereocenters. The fraction of sp³-hybridized carbons (Fsp3) is 0.538. The number of hydrogen-bond acceptors (Lipinski definition) is 2. The van der Waals surface area contributed by atoms with Gasteiger partial charge in [0.05, 0.1) is 18.2 Å². The average Bonchev–Trinajstić information content (AvgIpc) is 3.13. The molecule has 19 heavy (non-hydrogen) atoms. The highest BCUT2D eigenvalue weighted by atomic mass is 79.9. The topological polar surface area (TPSA) is 21.3 Å². The van der Waals surface area contributed by atoms with Gasteiger partial charge >= 0.3 is 6.18 Å². The maximum Gasteiger partial charge on any atom is 0.416 e. The number of halogens is 4. The Kier molecular flexibility index (Phi) is 4.40. The Labute approximate surface area is 118 Å². The van der Waals surface area contributed by atoms with Gasteiger partial charge in [-0.25, -0.2) is 0 Å². The molecule has 1 N–H and O–H groups in total. The predicted octanol–water partition coefficient (Wildman–Crippen LogP) is 4.30. The minimum Gasteiger partial charge on any atom is -0.383 e. The van der Waals surface area contributed by atoms with Gasteiger partial charge in [0, 0.05) is 17.3 Å². The van der Waals surface area contributed by atoms with Gasteiger partial charge in [0.1, 0.15) is 0 Å². The van der Waals surface area contributed by atoms with Gasteiger partial charge in [0.2, 0.25) is 0 Å². The van der Waals surface area contributed by atoms with Crippen molar-refractivity contribution in [2.24, 2.45) is 5.92 Å². The molecule has 1 aliphatic carbocycles. The molecule has 1 aromatic carbocycles. The Bertz CT molecular complexity index is 446. The van der Waals surface area contributed by atoms with Gasteiger partial charge < -0.3 is 10.1 Å². The van der Waals surface area contributed by atoms with Gasteiger partial charge in [-0.2, -0.15) is 13.2 Å². The zero-order chi connectivity index (χ0) is 14.0. The summed E-state index contributed by atoms with van der Waals surface area (Å²) in [4.78, 5) is 0. The van der Waals surface area contributed by atoms with Crippen molar-refractivity contribution in [2.75, 3.05) is 19.0 Å². The van der Waals surface area contributed by atoms with E-state index in [-0.39, 0.29) is 6.04 Å². The third-order valence-electron chi connectivity index (χ3n) is 3.17. The van der Waals surface area contributed by atoms with Crippen molar-refractivity contribution in [1.29, 1.82) is 0 Å². The Balaban J connectivity index is 2.18. The van der Waals surface area contributed by atoms with E-state index in [1.807, 2.05) is 0 Å². The molecule has 2 rings (SSSR count). The zero-order valence-corrected chi connectivity index (χ0v) is 12.0. The molecule has 1 aliphatic rings. The number of alkyl halides is 3. The van der Waals surface area contributed by atoms with Crippen LogP contribution in [0.3, 0.4) is 0 Å². The van der Waals surface area contributed by atoms with Crippen molar-refractivity contribution in [3.63, 3.8) is 0 Å². The molecule has 0 radical (unpaired) electrons. The van der Waals surface area contributed by atoms with Crippen molar-refractivity contribution in [3.8, 4) is 0 Å². The summed E-state index contributed by atoms with van der Waals surface area (Å²) in [6, 6.07) is 3.68. The minimum absolute atomic E-state index is 0.0600. The number of methoxy groups -OCH3 is 1. The molecule has 0 saturated heterocycles. The van der Waals surface area contributed by atoms with Crippen LogP contribution in [0, 0.1) is 5.92 Å². The van der Waals surface area contributed by atoms with Gasteiger partial charge in [0.25, 0.3) is 0 Å². The summed E-state index contributed by atoms with van der Waals surface area (Å²) in [6.45, 7) is 0.493. The first-order valence-electron chi connectivity index (χ1n) is 6.04. The summed E-state index contributed by atoms with van der Waals surface area (Å²) >= 11 is 3.28. The number of ether oxygens (including phenoxy) is 1. The minimum atomic E-state index is -4.33. The van der Waals surface area contributed by atoms with E-state index in [2.05, 4.69) is 21.2 Å². The standard InChI is InChI=1S/C13H15BrF3NO/c1-19-7-12(8-2-3-8)18-11-6-9(13(15,16)17)4-5-10(11)14/h4-6,8,12,18H,2-3,7H2,1H3. The maximum atomic E-state index is 12.7. The van der Waals surface area contributed by atoms with Gasteiger partial charge in [-0.15, -0.1) is 0 Å². The van der Waals surface area contributed by atoms with E-state index in [1.165, 1.54) is 6.07 Å². The first-order chi connectivity index (χ1) is 8.91. The third-order valence-corrected chi connectivity index (χ3v) is 3.86. The van der Waals surface area contributed by atoms with E-state index in [0.717, 1.165) is 25.0 Å². The molecule has 1 saturated carbocycles. The Hall–Kier alpha value is -0.750. The number of rotatable bonds is 5. The molecular weight excluding hydrogens is 323 g/mol. The quantitative estimate of drug-likeness (QED) is 0.864. The first-order valence-corrected chi connectivity index (χ1v) is 6.83. The predicted molar refractivity (Wildman–Crippen MR) is 71.2 cm³/mol. The van der Waals surface area contributed by atoms with Crippen LogP contribution in [0.5, 0.6) is 0 Å². The number of anilines is 1. The van der Waals surface area contributed by atoms with E-state index in [1.54, 1.807) is 7.11 Å². The fourth-order valence-corrected chi connectivity index (χ4v) is 2.35. The molecule has 106 valence electrons. The highest BCUT2D eigenvalue weighted by Crippen LogP contribution is 2.38. The zero-order valence-electron chi connectivity index (χ0n) is 10.4. The smallest absolute Gasteiger partial charge is 0.383 e. The lowest BCUT2D eigenvalue weighted by atomic mass is 10.1. The van der Waals surface area contributed by atoms with Crippen LogP contribution in [-0.2, 0) is 10.9 Å². The molecule has 6 heteroatoms. The SMILES string of the molecule is COCC(Nc1cc(C(F)(F)F)ccc1Br)C1CC1. The Morgan fingerprint density at radius 3 is 2.63 bits per heavy atom. The van der Waals surface area contributed by atoms with Crippen molar-refractivity contribution in [2.45, 2.75) is 25.1 Å². The van der Waals surface area contributed by atoms with Crippen LogP contribution in [0.2, 0.25) is 0 Å².